The SMILES string of the molecule is N#CC(=NCl)C(C#N)=NCl. The van der Waals surface area contributed by atoms with Crippen molar-refractivity contribution in [1.29, 1.82) is 10.5 Å². The van der Waals surface area contributed by atoms with Crippen LogP contribution in [-0.2, 0) is 0 Å². The van der Waals surface area contributed by atoms with E-state index >= 15 is 0 Å². The van der Waals surface area contributed by atoms with E-state index in [1.165, 1.54) is 12.1 Å². The van der Waals surface area contributed by atoms with Crippen LogP contribution in [0.4, 0.5) is 0 Å². The average Bonchev–Trinajstić information content (AvgIpc) is 2.00. The smallest absolute Gasteiger partial charge is 0.191 e. The lowest BCUT2D eigenvalue weighted by molar-refractivity contribution is 1.54. The Morgan fingerprint density at radius 1 is 1.00 bits per heavy atom. The molecule has 0 aliphatic rings. The highest BCUT2D eigenvalue weighted by Crippen LogP contribution is 1.89. The summed E-state index contributed by atoms with van der Waals surface area (Å²) in [6.07, 6.45) is 0. The van der Waals surface area contributed by atoms with Gasteiger partial charge in [-0.15, -0.1) is 0 Å². The quantitative estimate of drug-likeness (QED) is 0.562. The Hall–Kier alpha value is -1.10. The maximum Gasteiger partial charge on any atom is 0.192 e. The topological polar surface area (TPSA) is 72.3 Å². The van der Waals surface area contributed by atoms with Crippen LogP contribution < -0.4 is 0 Å². The van der Waals surface area contributed by atoms with Gasteiger partial charge in [-0.25, -0.2) is 0 Å². The number of nitrogens with zero attached hydrogens (tertiary/aromatic N) is 4. The van der Waals surface area contributed by atoms with Crippen molar-refractivity contribution in [2.24, 2.45) is 9.02 Å². The van der Waals surface area contributed by atoms with Gasteiger partial charge >= 0.3 is 0 Å². The van der Waals surface area contributed by atoms with Gasteiger partial charge in [-0.3, -0.25) is 0 Å². The fraction of sp³-hybridized carbons (Fsp3) is 0. The number of hydrogen-bond donors (Lipinski definition) is 0. The Bertz CT molecular complexity index is 225. The van der Waals surface area contributed by atoms with Gasteiger partial charge in [0.25, 0.3) is 0 Å². The molecule has 10 heavy (non-hydrogen) atoms. The zero-order chi connectivity index (χ0) is 7.98. The molecule has 0 rings (SSSR count). The lowest BCUT2D eigenvalue weighted by Gasteiger charge is -1.82. The molecule has 0 aromatic rings. The Balaban J connectivity index is 4.70. The van der Waals surface area contributed by atoms with Gasteiger partial charge in [-0.05, 0) is 0 Å². The normalized spacial score (nSPS) is 12.0. The van der Waals surface area contributed by atoms with Crippen LogP contribution in [0.15, 0.2) is 9.02 Å². The highest BCUT2D eigenvalue weighted by Gasteiger charge is 2.05. The van der Waals surface area contributed by atoms with Crippen LogP contribution >= 0.6 is 23.6 Å². The number of nitriles is 2. The van der Waals surface area contributed by atoms with Gasteiger partial charge in [0.05, 0.1) is 0 Å². The second-order valence-electron chi connectivity index (χ2n) is 1.09. The molecule has 50 valence electrons. The maximum atomic E-state index is 8.20. The van der Waals surface area contributed by atoms with E-state index in [9.17, 15) is 0 Å². The molecule has 0 aliphatic carbocycles. The molecule has 4 nitrogen and oxygen atoms in total. The standard InChI is InChI=1S/C4Cl2N4/c5-9-3(1-7)4(2-8)10-6. The maximum absolute atomic E-state index is 8.20. The molecule has 0 amide bonds. The first kappa shape index (κ1) is 8.90. The summed E-state index contributed by atoms with van der Waals surface area (Å²) < 4.78 is 5.88. The van der Waals surface area contributed by atoms with Crippen LogP contribution in [0.3, 0.4) is 0 Å². The Kier molecular flexibility index (Phi) is 4.23. The number of rotatable bonds is 1. The predicted molar refractivity (Wildman–Crippen MR) is 37.8 cm³/mol. The van der Waals surface area contributed by atoms with Crippen LogP contribution in [-0.4, -0.2) is 11.4 Å². The third-order valence-electron chi connectivity index (χ3n) is 0.605. The number of hydrogen-bond acceptors (Lipinski definition) is 4. The summed E-state index contributed by atoms with van der Waals surface area (Å²) in [5.74, 6) is 0. The first-order valence-electron chi connectivity index (χ1n) is 1.98. The Morgan fingerprint density at radius 3 is 1.40 bits per heavy atom. The van der Waals surface area contributed by atoms with Crippen molar-refractivity contribution >= 4 is 35.0 Å². The summed E-state index contributed by atoms with van der Waals surface area (Å²) in [5.41, 5.74) is -0.585. The summed E-state index contributed by atoms with van der Waals surface area (Å²) >= 11 is 9.79. The number of halogens is 2. The Morgan fingerprint density at radius 2 is 1.30 bits per heavy atom. The van der Waals surface area contributed by atoms with E-state index in [0.29, 0.717) is 0 Å². The van der Waals surface area contributed by atoms with E-state index in [2.05, 4.69) is 9.02 Å². The second kappa shape index (κ2) is 4.75. The molecule has 0 bridgehead atoms. The van der Waals surface area contributed by atoms with Gasteiger partial charge in [0.1, 0.15) is 12.1 Å². The third kappa shape index (κ3) is 2.02. The summed E-state index contributed by atoms with van der Waals surface area (Å²) in [4.78, 5) is 0. The van der Waals surface area contributed by atoms with E-state index in [4.69, 9.17) is 34.1 Å². The van der Waals surface area contributed by atoms with E-state index in [1.54, 1.807) is 0 Å². The van der Waals surface area contributed by atoms with E-state index in [0.717, 1.165) is 0 Å². The van der Waals surface area contributed by atoms with Crippen LogP contribution in [0.25, 0.3) is 0 Å². The van der Waals surface area contributed by atoms with Crippen LogP contribution in [0, 0.1) is 22.7 Å². The molecule has 0 saturated heterocycles. The lowest BCUT2D eigenvalue weighted by atomic mass is 10.3. The molecular formula is C4Cl2N4. The van der Waals surface area contributed by atoms with Gasteiger partial charge < -0.3 is 0 Å². The molecule has 0 N–H and O–H groups in total. The zero-order valence-corrected chi connectivity index (χ0v) is 6.06. The molecule has 0 aromatic carbocycles. The molecule has 0 atom stereocenters. The minimum absolute atomic E-state index is 0.292. The monoisotopic (exact) mass is 174 g/mol. The van der Waals surface area contributed by atoms with Gasteiger partial charge in [-0.2, -0.15) is 19.5 Å². The van der Waals surface area contributed by atoms with Crippen molar-refractivity contribution in [2.75, 3.05) is 0 Å². The van der Waals surface area contributed by atoms with Crippen LogP contribution in [0.1, 0.15) is 0 Å². The molecule has 0 fully saturated rings. The van der Waals surface area contributed by atoms with Gasteiger partial charge in [0.15, 0.2) is 11.4 Å². The first-order valence-corrected chi connectivity index (χ1v) is 2.66. The van der Waals surface area contributed by atoms with E-state index < -0.39 is 0 Å². The minimum Gasteiger partial charge on any atom is -0.191 e. The minimum atomic E-state index is -0.292. The molecule has 0 unspecified atom stereocenters. The Labute approximate surface area is 67.2 Å². The molecular weight excluding hydrogens is 175 g/mol. The molecule has 0 heterocycles. The zero-order valence-electron chi connectivity index (χ0n) is 4.54. The molecule has 0 saturated carbocycles. The van der Waals surface area contributed by atoms with Crippen molar-refractivity contribution in [3.8, 4) is 12.1 Å². The second-order valence-corrected chi connectivity index (χ2v) is 1.43. The summed E-state index contributed by atoms with van der Waals surface area (Å²) in [5, 5.41) is 16.4. The first-order chi connectivity index (χ1) is 4.79. The van der Waals surface area contributed by atoms with Gasteiger partial charge in [-0.1, -0.05) is 0 Å². The lowest BCUT2D eigenvalue weighted by Crippen LogP contribution is -2.07. The predicted octanol–water partition coefficient (Wildman–Crippen LogP) is 1.22. The molecule has 6 heteroatoms. The highest BCUT2D eigenvalue weighted by atomic mass is 35.5. The summed E-state index contributed by atoms with van der Waals surface area (Å²) in [7, 11) is 0. The van der Waals surface area contributed by atoms with E-state index in [-0.39, 0.29) is 11.4 Å². The summed E-state index contributed by atoms with van der Waals surface area (Å²) in [6, 6.07) is 3.07. The molecule has 0 spiro atoms. The van der Waals surface area contributed by atoms with Crippen molar-refractivity contribution < 1.29 is 0 Å². The van der Waals surface area contributed by atoms with Crippen molar-refractivity contribution in [1.82, 2.24) is 0 Å². The fourth-order valence-corrected chi connectivity index (χ4v) is 0.459. The third-order valence-corrected chi connectivity index (χ3v) is 0.943. The summed E-state index contributed by atoms with van der Waals surface area (Å²) in [6.45, 7) is 0. The average molecular weight is 175 g/mol. The largest absolute Gasteiger partial charge is 0.192 e. The van der Waals surface area contributed by atoms with Crippen LogP contribution in [0.5, 0.6) is 0 Å². The highest BCUT2D eigenvalue weighted by molar-refractivity contribution is 6.57. The fourth-order valence-electron chi connectivity index (χ4n) is 0.224. The van der Waals surface area contributed by atoms with Crippen LogP contribution in [0.2, 0.25) is 0 Å². The van der Waals surface area contributed by atoms with Gasteiger partial charge in [0.2, 0.25) is 0 Å². The molecule has 0 aromatic heterocycles. The van der Waals surface area contributed by atoms with Crippen molar-refractivity contribution in [3.05, 3.63) is 0 Å². The molecule has 0 aliphatic heterocycles. The van der Waals surface area contributed by atoms with Gasteiger partial charge in [0, 0.05) is 23.6 Å². The van der Waals surface area contributed by atoms with Crippen molar-refractivity contribution in [3.63, 3.8) is 0 Å². The molecule has 0 radical (unpaired) electrons. The van der Waals surface area contributed by atoms with Crippen molar-refractivity contribution in [2.45, 2.75) is 0 Å². The van der Waals surface area contributed by atoms with E-state index in [1.807, 2.05) is 0 Å².